The van der Waals surface area contributed by atoms with Crippen LogP contribution in [0.15, 0.2) is 54.9 Å². The first-order valence-electron chi connectivity index (χ1n) is 9.47. The molecule has 1 aliphatic rings. The van der Waals surface area contributed by atoms with E-state index in [0.717, 1.165) is 18.3 Å². The van der Waals surface area contributed by atoms with Gasteiger partial charge in [-0.1, -0.05) is 18.2 Å². The molecule has 0 bridgehead atoms. The highest BCUT2D eigenvalue weighted by Crippen LogP contribution is 2.42. The SMILES string of the molecule is CN1C[C@H](c2ccccc2C(F)(F)F)[C@@H](n2ccc(-c3ccnc(C(F)(F)F)c3)n2)C1. The minimum atomic E-state index is -4.58. The number of hydrogen-bond donors (Lipinski definition) is 0. The predicted octanol–water partition coefficient (Wildman–Crippen LogP) is 5.25. The first-order chi connectivity index (χ1) is 14.5. The second-order valence-electron chi connectivity index (χ2n) is 7.59. The lowest BCUT2D eigenvalue weighted by Gasteiger charge is -2.23. The zero-order valence-corrected chi connectivity index (χ0v) is 16.3. The van der Waals surface area contributed by atoms with E-state index in [1.54, 1.807) is 23.0 Å². The van der Waals surface area contributed by atoms with Gasteiger partial charge in [0.2, 0.25) is 0 Å². The van der Waals surface area contributed by atoms with Gasteiger partial charge in [0.1, 0.15) is 5.69 Å². The van der Waals surface area contributed by atoms with Crippen LogP contribution in [0.3, 0.4) is 0 Å². The van der Waals surface area contributed by atoms with Crippen molar-refractivity contribution in [3.63, 3.8) is 0 Å². The van der Waals surface area contributed by atoms with Crippen LogP contribution >= 0.6 is 0 Å². The maximum Gasteiger partial charge on any atom is 0.433 e. The van der Waals surface area contributed by atoms with Crippen molar-refractivity contribution in [3.05, 3.63) is 71.7 Å². The van der Waals surface area contributed by atoms with Gasteiger partial charge in [-0.15, -0.1) is 0 Å². The number of pyridine rings is 1. The van der Waals surface area contributed by atoms with Crippen LogP contribution < -0.4 is 0 Å². The normalized spacial score (nSPS) is 20.4. The Morgan fingerprint density at radius 1 is 0.935 bits per heavy atom. The zero-order valence-electron chi connectivity index (χ0n) is 16.3. The average molecular weight is 440 g/mol. The van der Waals surface area contributed by atoms with E-state index in [4.69, 9.17) is 0 Å². The largest absolute Gasteiger partial charge is 0.433 e. The molecule has 2 aromatic heterocycles. The van der Waals surface area contributed by atoms with Crippen molar-refractivity contribution >= 4 is 0 Å². The first kappa shape index (κ1) is 21.4. The Hall–Kier alpha value is -2.88. The molecule has 3 aromatic rings. The third-order valence-corrected chi connectivity index (χ3v) is 5.43. The Morgan fingerprint density at radius 3 is 2.39 bits per heavy atom. The summed E-state index contributed by atoms with van der Waals surface area (Å²) in [7, 11) is 1.81. The lowest BCUT2D eigenvalue weighted by Crippen LogP contribution is -2.20. The number of likely N-dealkylation sites (N-methyl/N-ethyl adjacent to an activating group) is 1. The molecule has 31 heavy (non-hydrogen) atoms. The second kappa shape index (κ2) is 7.67. The Balaban J connectivity index is 1.69. The molecule has 1 aliphatic heterocycles. The van der Waals surface area contributed by atoms with Gasteiger partial charge in [0.15, 0.2) is 0 Å². The molecule has 0 N–H and O–H groups in total. The molecule has 2 atom stereocenters. The maximum atomic E-state index is 13.6. The highest BCUT2D eigenvalue weighted by atomic mass is 19.4. The molecule has 0 unspecified atom stereocenters. The number of benzene rings is 1. The minimum Gasteiger partial charge on any atom is -0.304 e. The molecule has 1 fully saturated rings. The van der Waals surface area contributed by atoms with E-state index in [2.05, 4.69) is 10.1 Å². The van der Waals surface area contributed by atoms with Gasteiger partial charge in [-0.2, -0.15) is 31.4 Å². The Labute approximate surface area is 174 Å². The van der Waals surface area contributed by atoms with Crippen LogP contribution in [0.4, 0.5) is 26.3 Å². The highest BCUT2D eigenvalue weighted by Gasteiger charge is 2.41. The van der Waals surface area contributed by atoms with Crippen molar-refractivity contribution in [1.29, 1.82) is 0 Å². The first-order valence-corrected chi connectivity index (χ1v) is 9.47. The molecule has 0 aliphatic carbocycles. The maximum absolute atomic E-state index is 13.6. The summed E-state index contributed by atoms with van der Waals surface area (Å²) in [6.07, 6.45) is -6.42. The molecular weight excluding hydrogens is 422 g/mol. The molecule has 1 aromatic carbocycles. The van der Waals surface area contributed by atoms with E-state index in [1.165, 1.54) is 18.2 Å². The summed E-state index contributed by atoms with van der Waals surface area (Å²) in [5.41, 5.74) is -0.997. The summed E-state index contributed by atoms with van der Waals surface area (Å²) < 4.78 is 81.1. The number of rotatable bonds is 3. The number of hydrogen-bond acceptors (Lipinski definition) is 3. The monoisotopic (exact) mass is 440 g/mol. The number of nitrogens with zero attached hydrogens (tertiary/aromatic N) is 4. The van der Waals surface area contributed by atoms with Crippen LogP contribution in [-0.4, -0.2) is 39.8 Å². The van der Waals surface area contributed by atoms with E-state index < -0.39 is 35.6 Å². The highest BCUT2D eigenvalue weighted by molar-refractivity contribution is 5.58. The van der Waals surface area contributed by atoms with Gasteiger partial charge >= 0.3 is 12.4 Å². The average Bonchev–Trinajstić information content (AvgIpc) is 3.33. The molecule has 4 nitrogen and oxygen atoms in total. The lowest BCUT2D eigenvalue weighted by atomic mass is 9.90. The van der Waals surface area contributed by atoms with E-state index in [1.807, 2.05) is 11.9 Å². The van der Waals surface area contributed by atoms with Crippen LogP contribution in [0.1, 0.15) is 28.8 Å². The predicted molar refractivity (Wildman–Crippen MR) is 101 cm³/mol. The fourth-order valence-electron chi connectivity index (χ4n) is 4.05. The Bertz CT molecular complexity index is 1070. The number of likely N-dealkylation sites (tertiary alicyclic amines) is 1. The molecule has 3 heterocycles. The summed E-state index contributed by atoms with van der Waals surface area (Å²) in [4.78, 5) is 5.26. The van der Waals surface area contributed by atoms with Gasteiger partial charge in [0, 0.05) is 37.0 Å². The third kappa shape index (κ3) is 4.30. The van der Waals surface area contributed by atoms with Crippen LogP contribution in [0.2, 0.25) is 0 Å². The number of halogens is 6. The van der Waals surface area contributed by atoms with E-state index in [9.17, 15) is 26.3 Å². The fourth-order valence-corrected chi connectivity index (χ4v) is 4.05. The standard InChI is InChI=1S/C21H18F6N4/c1-30-11-15(14-4-2-3-5-16(14)20(22,23)24)18(12-30)31-9-7-17(29-31)13-6-8-28-19(10-13)21(25,26)27/h2-10,15,18H,11-12H2,1H3/t15-,18+/m1/s1. The van der Waals surface area contributed by atoms with Crippen LogP contribution in [0.5, 0.6) is 0 Å². The van der Waals surface area contributed by atoms with Gasteiger partial charge < -0.3 is 4.90 Å². The molecule has 1 saturated heterocycles. The summed E-state index contributed by atoms with van der Waals surface area (Å²) in [5.74, 6) is -0.473. The molecule has 4 rings (SSSR count). The molecule has 0 spiro atoms. The molecule has 10 heteroatoms. The van der Waals surface area contributed by atoms with Gasteiger partial charge in [-0.05, 0) is 36.9 Å². The summed E-state index contributed by atoms with van der Waals surface area (Å²) in [6, 6.07) is 8.95. The third-order valence-electron chi connectivity index (χ3n) is 5.43. The second-order valence-corrected chi connectivity index (χ2v) is 7.59. The summed E-state index contributed by atoms with van der Waals surface area (Å²) >= 11 is 0. The van der Waals surface area contributed by atoms with Crippen molar-refractivity contribution < 1.29 is 26.3 Å². The molecular formula is C21H18F6N4. The molecule has 0 saturated carbocycles. The molecule has 0 radical (unpaired) electrons. The topological polar surface area (TPSA) is 34.0 Å². The number of alkyl halides is 6. The summed E-state index contributed by atoms with van der Waals surface area (Å²) in [6.45, 7) is 0.864. The van der Waals surface area contributed by atoms with Gasteiger partial charge in [0.05, 0.1) is 17.3 Å². The van der Waals surface area contributed by atoms with Crippen molar-refractivity contribution in [1.82, 2.24) is 19.7 Å². The Kier molecular flexibility index (Phi) is 5.28. The number of aromatic nitrogens is 3. The molecule has 0 amide bonds. The van der Waals surface area contributed by atoms with Crippen molar-refractivity contribution in [2.45, 2.75) is 24.3 Å². The van der Waals surface area contributed by atoms with Gasteiger partial charge in [-0.25, -0.2) is 0 Å². The smallest absolute Gasteiger partial charge is 0.304 e. The quantitative estimate of drug-likeness (QED) is 0.522. The minimum absolute atomic E-state index is 0.185. The van der Waals surface area contributed by atoms with Gasteiger partial charge in [-0.3, -0.25) is 9.67 Å². The van der Waals surface area contributed by atoms with Gasteiger partial charge in [0.25, 0.3) is 0 Å². The van der Waals surface area contributed by atoms with E-state index in [0.29, 0.717) is 18.8 Å². The van der Waals surface area contributed by atoms with E-state index >= 15 is 0 Å². The summed E-state index contributed by atoms with van der Waals surface area (Å²) in [5, 5.41) is 4.40. The lowest BCUT2D eigenvalue weighted by molar-refractivity contribution is -0.141. The van der Waals surface area contributed by atoms with Crippen molar-refractivity contribution in [2.24, 2.45) is 0 Å². The van der Waals surface area contributed by atoms with Crippen molar-refractivity contribution in [2.75, 3.05) is 20.1 Å². The van der Waals surface area contributed by atoms with E-state index in [-0.39, 0.29) is 11.1 Å². The molecule has 164 valence electrons. The Morgan fingerprint density at radius 2 is 1.68 bits per heavy atom. The fraction of sp³-hybridized carbons (Fsp3) is 0.333. The van der Waals surface area contributed by atoms with Crippen LogP contribution in [0, 0.1) is 0 Å². The van der Waals surface area contributed by atoms with Crippen LogP contribution in [0.25, 0.3) is 11.3 Å². The zero-order chi connectivity index (χ0) is 22.4. The van der Waals surface area contributed by atoms with Crippen molar-refractivity contribution in [3.8, 4) is 11.3 Å². The van der Waals surface area contributed by atoms with Crippen LogP contribution in [-0.2, 0) is 12.4 Å².